The first-order chi connectivity index (χ1) is 10.4. The molecule has 0 spiro atoms. The predicted molar refractivity (Wildman–Crippen MR) is 76.0 cm³/mol. The second kappa shape index (κ2) is 5.10. The summed E-state index contributed by atoms with van der Waals surface area (Å²) in [6.45, 7) is 0. The fraction of sp³-hybridized carbons (Fsp3) is 0.200. The van der Waals surface area contributed by atoms with Crippen molar-refractivity contribution in [2.24, 2.45) is 0 Å². The van der Waals surface area contributed by atoms with Crippen molar-refractivity contribution in [3.8, 4) is 0 Å². The quantitative estimate of drug-likeness (QED) is 0.809. The minimum atomic E-state index is -4.21. The lowest BCUT2D eigenvalue weighted by Crippen LogP contribution is -2.48. The molecule has 114 valence electrons. The number of carboxylic acids is 1. The highest BCUT2D eigenvalue weighted by Gasteiger charge is 2.41. The summed E-state index contributed by atoms with van der Waals surface area (Å²) in [6, 6.07) is 10.2. The van der Waals surface area contributed by atoms with Crippen molar-refractivity contribution in [2.45, 2.75) is 23.8 Å². The maximum Gasteiger partial charge on any atom is 0.267 e. The summed E-state index contributed by atoms with van der Waals surface area (Å²) in [5, 5.41) is 12.6. The number of carbonyl (C=O) groups excluding carboxylic acids is 2. The molecule has 1 heterocycles. The molecule has 0 saturated carbocycles. The number of carboxylic acid groups (broad SMARTS) is 1. The van der Waals surface area contributed by atoms with E-state index in [0.717, 1.165) is 5.39 Å². The van der Waals surface area contributed by atoms with E-state index in [0.29, 0.717) is 9.69 Å². The average molecular weight is 318 g/mol. The Hall–Kier alpha value is -2.41. The van der Waals surface area contributed by atoms with Crippen LogP contribution in [-0.2, 0) is 19.6 Å². The van der Waals surface area contributed by atoms with Crippen molar-refractivity contribution in [1.29, 1.82) is 0 Å². The third-order valence-corrected chi connectivity index (χ3v) is 5.54. The van der Waals surface area contributed by atoms with Gasteiger partial charge >= 0.3 is 0 Å². The van der Waals surface area contributed by atoms with Crippen molar-refractivity contribution < 1.29 is 23.1 Å². The molecule has 0 aromatic heterocycles. The van der Waals surface area contributed by atoms with Gasteiger partial charge < -0.3 is 9.90 Å². The molecule has 0 aliphatic carbocycles. The molecule has 2 aromatic carbocycles. The SMILES string of the molecule is O=C([O-])[C@H]1CCC(=O)N1S(=O)(=O)c1ccc2ccccc2c1. The number of benzene rings is 2. The highest BCUT2D eigenvalue weighted by Crippen LogP contribution is 2.28. The molecule has 0 unspecified atom stereocenters. The molecule has 1 aliphatic heterocycles. The standard InChI is InChI=1S/C15H13NO5S/c17-14-8-7-13(15(18)19)16(14)22(20,21)12-6-5-10-3-1-2-4-11(10)9-12/h1-6,9,13H,7-8H2,(H,18,19)/p-1/t13-/m1/s1. The molecule has 1 amide bonds. The van der Waals surface area contributed by atoms with Gasteiger partial charge in [-0.1, -0.05) is 30.3 Å². The lowest BCUT2D eigenvalue weighted by atomic mass is 10.1. The number of amides is 1. The Balaban J connectivity index is 2.11. The second-order valence-corrected chi connectivity index (χ2v) is 6.89. The van der Waals surface area contributed by atoms with Crippen molar-refractivity contribution in [1.82, 2.24) is 4.31 Å². The van der Waals surface area contributed by atoms with Crippen molar-refractivity contribution in [2.75, 3.05) is 0 Å². The summed E-state index contributed by atoms with van der Waals surface area (Å²) in [6.07, 6.45) is -0.181. The number of hydrogen-bond donors (Lipinski definition) is 0. The van der Waals surface area contributed by atoms with Crippen LogP contribution in [0.4, 0.5) is 0 Å². The van der Waals surface area contributed by atoms with Gasteiger partial charge in [0, 0.05) is 6.42 Å². The maximum atomic E-state index is 12.6. The van der Waals surface area contributed by atoms with Crippen molar-refractivity contribution >= 4 is 32.7 Å². The van der Waals surface area contributed by atoms with Gasteiger partial charge in [-0.05, 0) is 29.3 Å². The molecule has 3 rings (SSSR count). The van der Waals surface area contributed by atoms with E-state index in [-0.39, 0.29) is 17.7 Å². The Morgan fingerprint density at radius 3 is 2.50 bits per heavy atom. The zero-order valence-corrected chi connectivity index (χ0v) is 12.2. The lowest BCUT2D eigenvalue weighted by molar-refractivity contribution is -0.309. The van der Waals surface area contributed by atoms with Crippen LogP contribution in [-0.4, -0.2) is 30.6 Å². The van der Waals surface area contributed by atoms with E-state index in [1.54, 1.807) is 18.2 Å². The van der Waals surface area contributed by atoms with Gasteiger partial charge in [-0.3, -0.25) is 4.79 Å². The molecular formula is C15H12NO5S-. The van der Waals surface area contributed by atoms with E-state index in [2.05, 4.69) is 0 Å². The van der Waals surface area contributed by atoms with Gasteiger partial charge in [0.25, 0.3) is 10.0 Å². The van der Waals surface area contributed by atoms with E-state index >= 15 is 0 Å². The van der Waals surface area contributed by atoms with Crippen LogP contribution in [0.15, 0.2) is 47.4 Å². The number of sulfonamides is 1. The van der Waals surface area contributed by atoms with Crippen LogP contribution in [0.25, 0.3) is 10.8 Å². The Labute approximate surface area is 127 Å². The maximum absolute atomic E-state index is 12.6. The van der Waals surface area contributed by atoms with Gasteiger partial charge in [0.05, 0.1) is 16.9 Å². The second-order valence-electron chi connectivity index (χ2n) is 5.08. The lowest BCUT2D eigenvalue weighted by Gasteiger charge is -2.25. The van der Waals surface area contributed by atoms with Crippen molar-refractivity contribution in [3.63, 3.8) is 0 Å². The summed E-state index contributed by atoms with van der Waals surface area (Å²) < 4.78 is 25.7. The van der Waals surface area contributed by atoms with Gasteiger partial charge in [-0.25, -0.2) is 12.7 Å². The molecule has 6 nitrogen and oxygen atoms in total. The first kappa shape index (κ1) is 14.5. The number of aliphatic carboxylic acids is 1. The van der Waals surface area contributed by atoms with Crippen LogP contribution in [0, 0.1) is 0 Å². The van der Waals surface area contributed by atoms with Crippen LogP contribution in [0.5, 0.6) is 0 Å². The van der Waals surface area contributed by atoms with Gasteiger partial charge in [-0.2, -0.15) is 0 Å². The zero-order chi connectivity index (χ0) is 15.9. The van der Waals surface area contributed by atoms with Crippen LogP contribution in [0.1, 0.15) is 12.8 Å². The topological polar surface area (TPSA) is 94.6 Å². The third kappa shape index (κ3) is 2.23. The van der Waals surface area contributed by atoms with Gasteiger partial charge in [0.15, 0.2) is 0 Å². The molecule has 1 saturated heterocycles. The predicted octanol–water partition coefficient (Wildman–Crippen LogP) is 0.269. The summed E-state index contributed by atoms with van der Waals surface area (Å²) in [4.78, 5) is 22.8. The summed E-state index contributed by atoms with van der Waals surface area (Å²) in [5.74, 6) is -2.28. The highest BCUT2D eigenvalue weighted by molar-refractivity contribution is 7.89. The number of fused-ring (bicyclic) bond motifs is 1. The Morgan fingerprint density at radius 2 is 1.82 bits per heavy atom. The van der Waals surface area contributed by atoms with E-state index in [1.807, 2.05) is 12.1 Å². The summed E-state index contributed by atoms with van der Waals surface area (Å²) in [5.41, 5.74) is 0. The van der Waals surface area contributed by atoms with Gasteiger partial charge in [0.1, 0.15) is 0 Å². The largest absolute Gasteiger partial charge is 0.548 e. The Morgan fingerprint density at radius 1 is 1.14 bits per heavy atom. The number of carbonyl (C=O) groups is 2. The third-order valence-electron chi connectivity index (χ3n) is 3.71. The minimum absolute atomic E-state index is 0.0615. The van der Waals surface area contributed by atoms with Crippen LogP contribution in [0.3, 0.4) is 0 Å². The van der Waals surface area contributed by atoms with Crippen LogP contribution in [0.2, 0.25) is 0 Å². The van der Waals surface area contributed by atoms with E-state index < -0.39 is 27.9 Å². The molecule has 0 bridgehead atoms. The van der Waals surface area contributed by atoms with Gasteiger partial charge in [-0.15, -0.1) is 0 Å². The first-order valence-corrected chi connectivity index (χ1v) is 8.12. The van der Waals surface area contributed by atoms with Crippen LogP contribution < -0.4 is 5.11 Å². The minimum Gasteiger partial charge on any atom is -0.548 e. The molecule has 2 aromatic rings. The molecule has 1 aliphatic rings. The number of hydrogen-bond acceptors (Lipinski definition) is 5. The Kier molecular flexibility index (Phi) is 3.37. The monoisotopic (exact) mass is 318 g/mol. The number of rotatable bonds is 3. The molecule has 0 radical (unpaired) electrons. The normalized spacial score (nSPS) is 18.8. The highest BCUT2D eigenvalue weighted by atomic mass is 32.2. The summed E-state index contributed by atoms with van der Waals surface area (Å²) >= 11 is 0. The van der Waals surface area contributed by atoms with E-state index in [9.17, 15) is 23.1 Å². The average Bonchev–Trinajstić information content (AvgIpc) is 2.89. The molecule has 1 fully saturated rings. The molecule has 7 heteroatoms. The Bertz CT molecular complexity index is 874. The van der Waals surface area contributed by atoms with Crippen LogP contribution >= 0.6 is 0 Å². The number of nitrogens with zero attached hydrogens (tertiary/aromatic N) is 1. The molecule has 1 atom stereocenters. The zero-order valence-electron chi connectivity index (χ0n) is 11.4. The molecule has 0 N–H and O–H groups in total. The van der Waals surface area contributed by atoms with Gasteiger partial charge in [0.2, 0.25) is 5.91 Å². The van der Waals surface area contributed by atoms with Crippen molar-refractivity contribution in [3.05, 3.63) is 42.5 Å². The fourth-order valence-corrected chi connectivity index (χ4v) is 4.25. The molecule has 22 heavy (non-hydrogen) atoms. The smallest absolute Gasteiger partial charge is 0.267 e. The fourth-order valence-electron chi connectivity index (χ4n) is 2.62. The summed E-state index contributed by atoms with van der Waals surface area (Å²) in [7, 11) is -4.21. The first-order valence-electron chi connectivity index (χ1n) is 6.68. The van der Waals surface area contributed by atoms with E-state index in [1.165, 1.54) is 12.1 Å². The van der Waals surface area contributed by atoms with E-state index in [4.69, 9.17) is 0 Å². The molecular weight excluding hydrogens is 306 g/mol.